The van der Waals surface area contributed by atoms with Crippen LogP contribution in [0.2, 0.25) is 0 Å². The topological polar surface area (TPSA) is 112 Å². The molecule has 0 fully saturated rings. The lowest BCUT2D eigenvalue weighted by atomic mass is 9.76. The summed E-state index contributed by atoms with van der Waals surface area (Å²) in [6.07, 6.45) is 7.85. The molecule has 2 rings (SSSR count). The van der Waals surface area contributed by atoms with E-state index in [4.69, 9.17) is 11.5 Å². The molecular weight excluding hydrogens is 232 g/mol. The van der Waals surface area contributed by atoms with Crippen molar-refractivity contribution in [2.24, 2.45) is 11.5 Å². The van der Waals surface area contributed by atoms with Crippen molar-refractivity contribution in [1.29, 1.82) is 0 Å². The quantitative estimate of drug-likeness (QED) is 0.751. The molecule has 1 aliphatic carbocycles. The van der Waals surface area contributed by atoms with Crippen molar-refractivity contribution >= 4 is 11.8 Å². The van der Waals surface area contributed by atoms with E-state index in [2.05, 4.69) is 9.97 Å². The Hall–Kier alpha value is -2.50. The van der Waals surface area contributed by atoms with Crippen LogP contribution in [0.4, 0.5) is 0 Å². The first-order valence-electron chi connectivity index (χ1n) is 5.32. The van der Waals surface area contributed by atoms with Crippen molar-refractivity contribution in [3.63, 3.8) is 0 Å². The number of rotatable bonds is 3. The van der Waals surface area contributed by atoms with Gasteiger partial charge in [-0.1, -0.05) is 18.2 Å². The molecule has 0 radical (unpaired) electrons. The highest BCUT2D eigenvalue weighted by atomic mass is 16.2. The SMILES string of the molecule is NC(=O)C1=CC=CC(C(N)=O)(c2ncccn2)C1. The fourth-order valence-corrected chi connectivity index (χ4v) is 1.88. The minimum atomic E-state index is -1.21. The molecule has 0 aliphatic heterocycles. The summed E-state index contributed by atoms with van der Waals surface area (Å²) in [5, 5.41) is 0. The van der Waals surface area contributed by atoms with Crippen molar-refractivity contribution in [3.8, 4) is 0 Å². The summed E-state index contributed by atoms with van der Waals surface area (Å²) in [5.74, 6) is -0.932. The van der Waals surface area contributed by atoms with Crippen LogP contribution >= 0.6 is 0 Å². The van der Waals surface area contributed by atoms with Gasteiger partial charge in [-0.2, -0.15) is 0 Å². The van der Waals surface area contributed by atoms with E-state index >= 15 is 0 Å². The zero-order chi connectivity index (χ0) is 13.2. The number of hydrogen-bond donors (Lipinski definition) is 2. The summed E-state index contributed by atoms with van der Waals surface area (Å²) in [6, 6.07) is 1.63. The van der Waals surface area contributed by atoms with E-state index in [9.17, 15) is 9.59 Å². The Labute approximate surface area is 103 Å². The standard InChI is InChI=1S/C12H12N4O2/c13-9(17)8-3-1-4-12(7-8,10(14)18)11-15-5-2-6-16-11/h1-6H,7H2,(H2,13,17)(H2,14,18). The summed E-state index contributed by atoms with van der Waals surface area (Å²) in [6.45, 7) is 0. The Bertz CT molecular complexity index is 550. The van der Waals surface area contributed by atoms with E-state index in [1.165, 1.54) is 12.4 Å². The van der Waals surface area contributed by atoms with Crippen molar-refractivity contribution < 1.29 is 9.59 Å². The molecule has 1 aromatic heterocycles. The summed E-state index contributed by atoms with van der Waals surface area (Å²) >= 11 is 0. The first kappa shape index (κ1) is 12.0. The van der Waals surface area contributed by atoms with Crippen molar-refractivity contribution in [3.05, 3.63) is 48.1 Å². The summed E-state index contributed by atoms with van der Waals surface area (Å²) in [7, 11) is 0. The van der Waals surface area contributed by atoms with Gasteiger partial charge in [-0.25, -0.2) is 9.97 Å². The first-order chi connectivity index (χ1) is 8.56. The Morgan fingerprint density at radius 3 is 2.44 bits per heavy atom. The molecule has 6 heteroatoms. The Kier molecular flexibility index (Phi) is 2.93. The normalized spacial score (nSPS) is 22.3. The van der Waals surface area contributed by atoms with Crippen LogP contribution in [0.15, 0.2) is 42.3 Å². The number of carbonyl (C=O) groups is 2. The van der Waals surface area contributed by atoms with Crippen molar-refractivity contribution in [1.82, 2.24) is 9.97 Å². The van der Waals surface area contributed by atoms with Crippen LogP contribution in [-0.2, 0) is 15.0 Å². The molecule has 1 atom stereocenters. The second kappa shape index (κ2) is 4.40. The van der Waals surface area contributed by atoms with E-state index in [0.29, 0.717) is 5.57 Å². The number of nitrogens with zero attached hydrogens (tertiary/aromatic N) is 2. The molecule has 0 aromatic carbocycles. The highest BCUT2D eigenvalue weighted by molar-refractivity contribution is 5.97. The number of primary amides is 2. The second-order valence-electron chi connectivity index (χ2n) is 4.00. The largest absolute Gasteiger partial charge is 0.369 e. The van der Waals surface area contributed by atoms with Gasteiger partial charge >= 0.3 is 0 Å². The fourth-order valence-electron chi connectivity index (χ4n) is 1.88. The number of carbonyl (C=O) groups excluding carboxylic acids is 2. The average Bonchev–Trinajstić information content (AvgIpc) is 2.39. The Balaban J connectivity index is 2.49. The predicted molar refractivity (Wildman–Crippen MR) is 63.9 cm³/mol. The third kappa shape index (κ3) is 1.88. The van der Waals surface area contributed by atoms with E-state index < -0.39 is 17.2 Å². The van der Waals surface area contributed by atoms with Gasteiger partial charge in [-0.3, -0.25) is 9.59 Å². The first-order valence-corrected chi connectivity index (χ1v) is 5.32. The minimum absolute atomic E-state index is 0.0815. The van der Waals surface area contributed by atoms with Crippen molar-refractivity contribution in [2.45, 2.75) is 11.8 Å². The smallest absolute Gasteiger partial charge is 0.244 e. The molecule has 6 nitrogen and oxygen atoms in total. The monoisotopic (exact) mass is 244 g/mol. The lowest BCUT2D eigenvalue weighted by Crippen LogP contribution is -2.43. The molecule has 1 aromatic rings. The van der Waals surface area contributed by atoms with E-state index in [0.717, 1.165) is 0 Å². The summed E-state index contributed by atoms with van der Waals surface area (Å²) in [4.78, 5) is 31.1. The Morgan fingerprint density at radius 1 is 1.22 bits per heavy atom. The van der Waals surface area contributed by atoms with Gasteiger partial charge in [0.25, 0.3) is 0 Å². The maximum Gasteiger partial charge on any atom is 0.244 e. The van der Waals surface area contributed by atoms with Crippen molar-refractivity contribution in [2.75, 3.05) is 0 Å². The van der Waals surface area contributed by atoms with Gasteiger partial charge in [-0.05, 0) is 6.07 Å². The highest BCUT2D eigenvalue weighted by Crippen LogP contribution is 2.33. The third-order valence-electron chi connectivity index (χ3n) is 2.87. The second-order valence-corrected chi connectivity index (χ2v) is 4.00. The molecule has 92 valence electrons. The zero-order valence-electron chi connectivity index (χ0n) is 9.54. The molecule has 4 N–H and O–H groups in total. The predicted octanol–water partition coefficient (Wildman–Crippen LogP) is -0.429. The fraction of sp³-hybridized carbons (Fsp3) is 0.167. The van der Waals surface area contributed by atoms with Crippen LogP contribution in [-0.4, -0.2) is 21.8 Å². The third-order valence-corrected chi connectivity index (χ3v) is 2.87. The molecule has 0 bridgehead atoms. The lowest BCUT2D eigenvalue weighted by Gasteiger charge is -2.28. The Morgan fingerprint density at radius 2 is 1.89 bits per heavy atom. The van der Waals surface area contributed by atoms with E-state index in [1.807, 2.05) is 0 Å². The van der Waals surface area contributed by atoms with Crippen LogP contribution in [0.25, 0.3) is 0 Å². The maximum absolute atomic E-state index is 11.8. The van der Waals surface area contributed by atoms with Gasteiger partial charge in [0.2, 0.25) is 11.8 Å². The van der Waals surface area contributed by atoms with Crippen LogP contribution in [0.3, 0.4) is 0 Å². The van der Waals surface area contributed by atoms with Gasteiger partial charge in [0.1, 0.15) is 11.2 Å². The number of amides is 2. The maximum atomic E-state index is 11.8. The summed E-state index contributed by atoms with van der Waals surface area (Å²) < 4.78 is 0. The summed E-state index contributed by atoms with van der Waals surface area (Å²) in [5.41, 5.74) is 9.79. The number of nitrogens with two attached hydrogens (primary N) is 2. The van der Waals surface area contributed by atoms with Gasteiger partial charge in [0, 0.05) is 24.4 Å². The van der Waals surface area contributed by atoms with Crippen LogP contribution < -0.4 is 11.5 Å². The number of allylic oxidation sites excluding steroid dienone is 2. The number of hydrogen-bond acceptors (Lipinski definition) is 4. The lowest BCUT2D eigenvalue weighted by molar-refractivity contribution is -0.122. The molecule has 0 saturated heterocycles. The van der Waals surface area contributed by atoms with Crippen LogP contribution in [0.1, 0.15) is 12.2 Å². The van der Waals surface area contributed by atoms with Crippen LogP contribution in [0, 0.1) is 0 Å². The van der Waals surface area contributed by atoms with Gasteiger partial charge in [0.05, 0.1) is 0 Å². The van der Waals surface area contributed by atoms with E-state index in [1.54, 1.807) is 24.3 Å². The van der Waals surface area contributed by atoms with Gasteiger partial charge in [-0.15, -0.1) is 0 Å². The molecule has 2 amide bonds. The minimum Gasteiger partial charge on any atom is -0.369 e. The molecule has 1 aliphatic rings. The van der Waals surface area contributed by atoms with E-state index in [-0.39, 0.29) is 12.2 Å². The molecule has 0 saturated carbocycles. The van der Waals surface area contributed by atoms with Crippen LogP contribution in [0.5, 0.6) is 0 Å². The molecule has 1 unspecified atom stereocenters. The number of aromatic nitrogens is 2. The van der Waals surface area contributed by atoms with Gasteiger partial charge < -0.3 is 11.5 Å². The molecule has 18 heavy (non-hydrogen) atoms. The zero-order valence-corrected chi connectivity index (χ0v) is 9.54. The molecule has 1 heterocycles. The van der Waals surface area contributed by atoms with Gasteiger partial charge in [0.15, 0.2) is 0 Å². The molecular formula is C12H12N4O2. The molecule has 0 spiro atoms. The highest BCUT2D eigenvalue weighted by Gasteiger charge is 2.41. The average molecular weight is 244 g/mol.